The van der Waals surface area contributed by atoms with Gasteiger partial charge < -0.3 is 9.84 Å². The standard InChI is InChI=1S/C17H16N2O2/c1-12-9-17(20)21-16-10-13(7-8-15(12)16)11-18-19-14-5-3-2-4-6-14/h2-10,18-19H,11H2,1H3. The molecule has 2 aromatic carbocycles. The molecular formula is C17H16N2O2. The first-order chi connectivity index (χ1) is 10.2. The predicted molar refractivity (Wildman–Crippen MR) is 84.1 cm³/mol. The largest absolute Gasteiger partial charge is 0.423 e. The molecule has 0 bridgehead atoms. The summed E-state index contributed by atoms with van der Waals surface area (Å²) in [4.78, 5) is 11.4. The molecule has 1 heterocycles. The van der Waals surface area contributed by atoms with Crippen molar-refractivity contribution in [3.05, 3.63) is 76.1 Å². The number of hydrazine groups is 1. The highest BCUT2D eigenvalue weighted by atomic mass is 16.4. The Morgan fingerprint density at radius 1 is 1.05 bits per heavy atom. The molecule has 21 heavy (non-hydrogen) atoms. The van der Waals surface area contributed by atoms with Crippen LogP contribution in [0.4, 0.5) is 5.69 Å². The van der Waals surface area contributed by atoms with Crippen LogP contribution in [-0.4, -0.2) is 0 Å². The van der Waals surface area contributed by atoms with E-state index in [1.165, 1.54) is 6.07 Å². The summed E-state index contributed by atoms with van der Waals surface area (Å²) in [5.41, 5.74) is 9.55. The van der Waals surface area contributed by atoms with E-state index in [0.717, 1.165) is 22.2 Å². The maximum atomic E-state index is 11.4. The van der Waals surface area contributed by atoms with Crippen LogP contribution in [0.3, 0.4) is 0 Å². The molecule has 3 rings (SSSR count). The van der Waals surface area contributed by atoms with Gasteiger partial charge in [-0.2, -0.15) is 0 Å². The summed E-state index contributed by atoms with van der Waals surface area (Å²) >= 11 is 0. The van der Waals surface area contributed by atoms with Crippen LogP contribution >= 0.6 is 0 Å². The monoisotopic (exact) mass is 280 g/mol. The average molecular weight is 280 g/mol. The van der Waals surface area contributed by atoms with Gasteiger partial charge in [0.2, 0.25) is 0 Å². The third-order valence-corrected chi connectivity index (χ3v) is 3.31. The highest BCUT2D eigenvalue weighted by Crippen LogP contribution is 2.17. The summed E-state index contributed by atoms with van der Waals surface area (Å²) in [6.45, 7) is 2.54. The van der Waals surface area contributed by atoms with Crippen molar-refractivity contribution < 1.29 is 4.42 Å². The molecule has 0 unspecified atom stereocenters. The van der Waals surface area contributed by atoms with Crippen molar-refractivity contribution in [3.63, 3.8) is 0 Å². The van der Waals surface area contributed by atoms with Crippen LogP contribution in [0.1, 0.15) is 11.1 Å². The number of para-hydroxylation sites is 1. The molecule has 2 N–H and O–H groups in total. The Bertz CT molecular complexity index is 810. The lowest BCUT2D eigenvalue weighted by Crippen LogP contribution is -2.20. The maximum absolute atomic E-state index is 11.4. The molecule has 0 aliphatic heterocycles. The zero-order chi connectivity index (χ0) is 14.7. The third kappa shape index (κ3) is 3.12. The number of hydrogen-bond donors (Lipinski definition) is 2. The number of anilines is 1. The normalized spacial score (nSPS) is 10.7. The van der Waals surface area contributed by atoms with Crippen LogP contribution in [0, 0.1) is 6.92 Å². The van der Waals surface area contributed by atoms with Gasteiger partial charge in [-0.1, -0.05) is 30.3 Å². The van der Waals surface area contributed by atoms with E-state index in [9.17, 15) is 4.79 Å². The maximum Gasteiger partial charge on any atom is 0.336 e. The van der Waals surface area contributed by atoms with Gasteiger partial charge in [0.15, 0.2) is 0 Å². The van der Waals surface area contributed by atoms with Gasteiger partial charge >= 0.3 is 5.63 Å². The van der Waals surface area contributed by atoms with E-state index in [2.05, 4.69) is 10.9 Å². The molecule has 0 amide bonds. The zero-order valence-corrected chi connectivity index (χ0v) is 11.7. The van der Waals surface area contributed by atoms with E-state index >= 15 is 0 Å². The molecule has 0 radical (unpaired) electrons. The topological polar surface area (TPSA) is 54.3 Å². The minimum atomic E-state index is -0.312. The molecule has 106 valence electrons. The summed E-state index contributed by atoms with van der Waals surface area (Å²) < 4.78 is 5.24. The molecular weight excluding hydrogens is 264 g/mol. The molecule has 3 aromatic rings. The molecule has 0 aliphatic carbocycles. The number of nitrogens with one attached hydrogen (secondary N) is 2. The van der Waals surface area contributed by atoms with Gasteiger partial charge in [0.05, 0.1) is 0 Å². The van der Waals surface area contributed by atoms with Gasteiger partial charge in [0.25, 0.3) is 0 Å². The van der Waals surface area contributed by atoms with E-state index in [1.807, 2.05) is 55.5 Å². The number of hydrogen-bond acceptors (Lipinski definition) is 4. The lowest BCUT2D eigenvalue weighted by molar-refractivity contribution is 0.559. The van der Waals surface area contributed by atoms with Crippen LogP contribution in [-0.2, 0) is 6.54 Å². The molecule has 0 aliphatic rings. The highest BCUT2D eigenvalue weighted by molar-refractivity contribution is 5.80. The van der Waals surface area contributed by atoms with Crippen LogP contribution < -0.4 is 16.5 Å². The molecule has 0 spiro atoms. The quantitative estimate of drug-likeness (QED) is 0.569. The van der Waals surface area contributed by atoms with Crippen molar-refractivity contribution in [2.45, 2.75) is 13.5 Å². The second kappa shape index (κ2) is 5.81. The van der Waals surface area contributed by atoms with Gasteiger partial charge in [-0.05, 0) is 36.2 Å². The van der Waals surface area contributed by atoms with Crippen molar-refractivity contribution in [2.75, 3.05) is 5.43 Å². The van der Waals surface area contributed by atoms with Gasteiger partial charge in [0, 0.05) is 23.7 Å². The first-order valence-electron chi connectivity index (χ1n) is 6.80. The van der Waals surface area contributed by atoms with Crippen LogP contribution in [0.25, 0.3) is 11.0 Å². The Morgan fingerprint density at radius 2 is 1.86 bits per heavy atom. The molecule has 0 fully saturated rings. The van der Waals surface area contributed by atoms with E-state index in [4.69, 9.17) is 4.42 Å². The Hall–Kier alpha value is -2.59. The fraction of sp³-hybridized carbons (Fsp3) is 0.118. The summed E-state index contributed by atoms with van der Waals surface area (Å²) in [5, 5.41) is 0.967. The molecule has 4 heteroatoms. The van der Waals surface area contributed by atoms with Gasteiger partial charge in [-0.3, -0.25) is 0 Å². The molecule has 1 aromatic heterocycles. The Labute approximate surface area is 122 Å². The van der Waals surface area contributed by atoms with Gasteiger partial charge in [0.1, 0.15) is 5.58 Å². The van der Waals surface area contributed by atoms with Crippen LogP contribution in [0.5, 0.6) is 0 Å². The molecule has 0 saturated heterocycles. The molecule has 0 saturated carbocycles. The lowest BCUT2D eigenvalue weighted by Gasteiger charge is -2.09. The molecule has 0 atom stereocenters. The van der Waals surface area contributed by atoms with E-state index in [0.29, 0.717) is 12.1 Å². The van der Waals surface area contributed by atoms with Crippen molar-refractivity contribution in [2.24, 2.45) is 0 Å². The zero-order valence-electron chi connectivity index (χ0n) is 11.7. The SMILES string of the molecule is Cc1cc(=O)oc2cc(CNNc3ccccc3)ccc12. The second-order valence-corrected chi connectivity index (χ2v) is 4.92. The first kappa shape index (κ1) is 13.4. The van der Waals surface area contributed by atoms with Crippen molar-refractivity contribution >= 4 is 16.7 Å². The lowest BCUT2D eigenvalue weighted by atomic mass is 10.1. The highest BCUT2D eigenvalue weighted by Gasteiger charge is 2.03. The third-order valence-electron chi connectivity index (χ3n) is 3.31. The fourth-order valence-corrected chi connectivity index (χ4v) is 2.25. The number of aryl methyl sites for hydroxylation is 1. The Morgan fingerprint density at radius 3 is 2.67 bits per heavy atom. The smallest absolute Gasteiger partial charge is 0.336 e. The van der Waals surface area contributed by atoms with Gasteiger partial charge in [-0.15, -0.1) is 0 Å². The summed E-state index contributed by atoms with van der Waals surface area (Å²) in [6.07, 6.45) is 0. The number of benzene rings is 2. The fourth-order valence-electron chi connectivity index (χ4n) is 2.25. The summed E-state index contributed by atoms with van der Waals surface area (Å²) in [5.74, 6) is 0. The number of fused-ring (bicyclic) bond motifs is 1. The average Bonchev–Trinajstić information content (AvgIpc) is 2.48. The van der Waals surface area contributed by atoms with Crippen LogP contribution in [0.15, 0.2) is 63.8 Å². The minimum absolute atomic E-state index is 0.312. The first-order valence-corrected chi connectivity index (χ1v) is 6.80. The van der Waals surface area contributed by atoms with Crippen molar-refractivity contribution in [3.8, 4) is 0 Å². The Kier molecular flexibility index (Phi) is 3.71. The summed E-state index contributed by atoms with van der Waals surface area (Å²) in [7, 11) is 0. The van der Waals surface area contributed by atoms with Crippen molar-refractivity contribution in [1.29, 1.82) is 0 Å². The molecule has 4 nitrogen and oxygen atoms in total. The summed E-state index contributed by atoms with van der Waals surface area (Å²) in [6, 6.07) is 17.3. The van der Waals surface area contributed by atoms with Crippen molar-refractivity contribution in [1.82, 2.24) is 5.43 Å². The van der Waals surface area contributed by atoms with Gasteiger partial charge in [-0.25, -0.2) is 10.2 Å². The predicted octanol–water partition coefficient (Wildman–Crippen LogP) is 3.22. The van der Waals surface area contributed by atoms with E-state index in [-0.39, 0.29) is 5.63 Å². The Balaban J connectivity index is 1.74. The minimum Gasteiger partial charge on any atom is -0.423 e. The van der Waals surface area contributed by atoms with E-state index < -0.39 is 0 Å². The van der Waals surface area contributed by atoms with E-state index in [1.54, 1.807) is 0 Å². The second-order valence-electron chi connectivity index (χ2n) is 4.92. The van der Waals surface area contributed by atoms with Crippen LogP contribution in [0.2, 0.25) is 0 Å². The number of rotatable bonds is 4.